The molecule has 19 heavy (non-hydrogen) atoms. The highest BCUT2D eigenvalue weighted by Gasteiger charge is 2.17. The molecule has 2 unspecified atom stereocenters. The average Bonchev–Trinajstić information content (AvgIpc) is 2.37. The Morgan fingerprint density at radius 1 is 1.26 bits per heavy atom. The molecule has 0 heterocycles. The van der Waals surface area contributed by atoms with E-state index in [2.05, 4.69) is 39.6 Å². The van der Waals surface area contributed by atoms with Gasteiger partial charge in [0.1, 0.15) is 5.82 Å². The highest BCUT2D eigenvalue weighted by Crippen LogP contribution is 2.26. The van der Waals surface area contributed by atoms with E-state index < -0.39 is 0 Å². The Bertz CT molecular complexity index is 404. The molecule has 1 aromatic carbocycles. The summed E-state index contributed by atoms with van der Waals surface area (Å²) in [7, 11) is 2.07. The lowest BCUT2D eigenvalue weighted by atomic mass is 9.99. The zero-order chi connectivity index (χ0) is 14.6. The van der Waals surface area contributed by atoms with Crippen molar-refractivity contribution in [3.63, 3.8) is 0 Å². The van der Waals surface area contributed by atoms with Gasteiger partial charge in [0.15, 0.2) is 0 Å². The number of anilines is 1. The van der Waals surface area contributed by atoms with Gasteiger partial charge >= 0.3 is 0 Å². The Labute approximate surface area is 116 Å². The predicted octanol–water partition coefficient (Wildman–Crippen LogP) is 3.59. The van der Waals surface area contributed by atoms with Crippen LogP contribution in [0.15, 0.2) is 18.2 Å². The molecule has 108 valence electrons. The van der Waals surface area contributed by atoms with Gasteiger partial charge < -0.3 is 10.6 Å². The maximum Gasteiger partial charge on any atom is 0.123 e. The first kappa shape index (κ1) is 16.0. The smallest absolute Gasteiger partial charge is 0.123 e. The Hall–Kier alpha value is -1.09. The van der Waals surface area contributed by atoms with Crippen molar-refractivity contribution in [2.75, 3.05) is 11.9 Å². The molecule has 0 spiro atoms. The second kappa shape index (κ2) is 6.90. The van der Waals surface area contributed by atoms with Gasteiger partial charge in [-0.1, -0.05) is 20.8 Å². The standard InChI is InChI=1S/C16H27FN2/c1-6-15(18)10-13-9-14(17)7-8-16(13)19(5)12(4)11(2)3/h7-9,11-12,15H,6,10,18H2,1-5H3. The van der Waals surface area contributed by atoms with Crippen LogP contribution in [0.2, 0.25) is 0 Å². The molecular weight excluding hydrogens is 239 g/mol. The van der Waals surface area contributed by atoms with Gasteiger partial charge in [0.2, 0.25) is 0 Å². The zero-order valence-corrected chi connectivity index (χ0v) is 12.8. The van der Waals surface area contributed by atoms with Crippen LogP contribution < -0.4 is 10.6 Å². The second-order valence-electron chi connectivity index (χ2n) is 5.74. The minimum atomic E-state index is -0.187. The Kier molecular flexibility index (Phi) is 5.80. The minimum absolute atomic E-state index is 0.0864. The van der Waals surface area contributed by atoms with E-state index in [4.69, 9.17) is 5.73 Å². The van der Waals surface area contributed by atoms with E-state index in [-0.39, 0.29) is 11.9 Å². The molecular formula is C16H27FN2. The van der Waals surface area contributed by atoms with Crippen LogP contribution in [0.3, 0.4) is 0 Å². The van der Waals surface area contributed by atoms with Gasteiger partial charge in [-0.15, -0.1) is 0 Å². The molecule has 1 aromatic rings. The second-order valence-corrected chi connectivity index (χ2v) is 5.74. The molecule has 0 aliphatic heterocycles. The third kappa shape index (κ3) is 4.20. The van der Waals surface area contributed by atoms with Crippen molar-refractivity contribution in [1.82, 2.24) is 0 Å². The molecule has 0 bridgehead atoms. The molecule has 2 atom stereocenters. The van der Waals surface area contributed by atoms with Crippen molar-refractivity contribution in [3.05, 3.63) is 29.6 Å². The molecule has 2 N–H and O–H groups in total. The van der Waals surface area contributed by atoms with Crippen molar-refractivity contribution in [3.8, 4) is 0 Å². The first-order chi connectivity index (χ1) is 8.86. The lowest BCUT2D eigenvalue weighted by Crippen LogP contribution is -2.34. The molecule has 1 rings (SSSR count). The number of nitrogens with zero attached hydrogens (tertiary/aromatic N) is 1. The van der Waals surface area contributed by atoms with E-state index in [1.807, 2.05) is 6.07 Å². The first-order valence-corrected chi connectivity index (χ1v) is 7.13. The number of hydrogen-bond acceptors (Lipinski definition) is 2. The Balaban J connectivity index is 3.05. The minimum Gasteiger partial charge on any atom is -0.371 e. The topological polar surface area (TPSA) is 29.3 Å². The fourth-order valence-electron chi connectivity index (χ4n) is 2.16. The van der Waals surface area contributed by atoms with Gasteiger partial charge in [-0.2, -0.15) is 0 Å². The van der Waals surface area contributed by atoms with Crippen LogP contribution in [0.4, 0.5) is 10.1 Å². The number of rotatable bonds is 6. The summed E-state index contributed by atoms with van der Waals surface area (Å²) in [6.45, 7) is 8.64. The van der Waals surface area contributed by atoms with Gasteiger partial charge in [-0.25, -0.2) is 4.39 Å². The molecule has 0 amide bonds. The summed E-state index contributed by atoms with van der Waals surface area (Å²) >= 11 is 0. The van der Waals surface area contributed by atoms with Gasteiger partial charge in [0.25, 0.3) is 0 Å². The van der Waals surface area contributed by atoms with Crippen LogP contribution >= 0.6 is 0 Å². The number of benzene rings is 1. The molecule has 0 aliphatic rings. The fourth-order valence-corrected chi connectivity index (χ4v) is 2.16. The maximum absolute atomic E-state index is 13.5. The van der Waals surface area contributed by atoms with Gasteiger partial charge in [-0.05, 0) is 49.4 Å². The Morgan fingerprint density at radius 3 is 2.42 bits per heavy atom. The highest BCUT2D eigenvalue weighted by atomic mass is 19.1. The molecule has 3 heteroatoms. The SMILES string of the molecule is CCC(N)Cc1cc(F)ccc1N(C)C(C)C(C)C. The molecule has 0 radical (unpaired) electrons. The van der Waals surface area contributed by atoms with E-state index in [0.29, 0.717) is 12.0 Å². The summed E-state index contributed by atoms with van der Waals surface area (Å²) in [5.41, 5.74) is 8.11. The summed E-state index contributed by atoms with van der Waals surface area (Å²) < 4.78 is 13.5. The van der Waals surface area contributed by atoms with Gasteiger partial charge in [0.05, 0.1) is 0 Å². The third-order valence-corrected chi connectivity index (χ3v) is 4.00. The van der Waals surface area contributed by atoms with Crippen molar-refractivity contribution in [2.45, 2.75) is 52.6 Å². The van der Waals surface area contributed by atoms with E-state index in [9.17, 15) is 4.39 Å². The lowest BCUT2D eigenvalue weighted by molar-refractivity contribution is 0.503. The molecule has 0 aromatic heterocycles. The summed E-state index contributed by atoms with van der Waals surface area (Å²) in [5, 5.41) is 0. The highest BCUT2D eigenvalue weighted by molar-refractivity contribution is 5.54. The zero-order valence-electron chi connectivity index (χ0n) is 12.8. The predicted molar refractivity (Wildman–Crippen MR) is 81.1 cm³/mol. The summed E-state index contributed by atoms with van der Waals surface area (Å²) in [6, 6.07) is 5.51. The Morgan fingerprint density at radius 2 is 1.89 bits per heavy atom. The van der Waals surface area contributed by atoms with Gasteiger partial charge in [-0.3, -0.25) is 0 Å². The van der Waals surface area contributed by atoms with Gasteiger partial charge in [0, 0.05) is 24.8 Å². The van der Waals surface area contributed by atoms with E-state index in [1.54, 1.807) is 6.07 Å². The van der Waals surface area contributed by atoms with Crippen LogP contribution in [-0.2, 0) is 6.42 Å². The van der Waals surface area contributed by atoms with Crippen LogP contribution in [0.1, 0.15) is 39.7 Å². The molecule has 2 nitrogen and oxygen atoms in total. The van der Waals surface area contributed by atoms with E-state index >= 15 is 0 Å². The normalized spacial score (nSPS) is 14.5. The molecule has 0 saturated carbocycles. The summed E-state index contributed by atoms with van der Waals surface area (Å²) in [4.78, 5) is 2.22. The molecule has 0 saturated heterocycles. The number of hydrogen-bond donors (Lipinski definition) is 1. The number of nitrogens with two attached hydrogens (primary N) is 1. The fraction of sp³-hybridized carbons (Fsp3) is 0.625. The number of halogens is 1. The van der Waals surface area contributed by atoms with Crippen LogP contribution in [0.25, 0.3) is 0 Å². The monoisotopic (exact) mass is 266 g/mol. The summed E-state index contributed by atoms with van der Waals surface area (Å²) in [5.74, 6) is 0.357. The average molecular weight is 266 g/mol. The van der Waals surface area contributed by atoms with Crippen LogP contribution in [0.5, 0.6) is 0 Å². The van der Waals surface area contributed by atoms with Crippen molar-refractivity contribution < 1.29 is 4.39 Å². The molecule has 0 fully saturated rings. The summed E-state index contributed by atoms with van der Waals surface area (Å²) in [6.07, 6.45) is 1.62. The van der Waals surface area contributed by atoms with E-state index in [0.717, 1.165) is 24.1 Å². The quantitative estimate of drug-likeness (QED) is 0.852. The van der Waals surface area contributed by atoms with Crippen LogP contribution in [-0.4, -0.2) is 19.1 Å². The van der Waals surface area contributed by atoms with E-state index in [1.165, 1.54) is 6.07 Å². The maximum atomic E-state index is 13.5. The van der Waals surface area contributed by atoms with Crippen molar-refractivity contribution in [2.24, 2.45) is 11.7 Å². The van der Waals surface area contributed by atoms with Crippen LogP contribution in [0, 0.1) is 11.7 Å². The third-order valence-electron chi connectivity index (χ3n) is 4.00. The molecule has 0 aliphatic carbocycles. The van der Waals surface area contributed by atoms with Crippen molar-refractivity contribution in [1.29, 1.82) is 0 Å². The van der Waals surface area contributed by atoms with Crippen molar-refractivity contribution >= 4 is 5.69 Å². The largest absolute Gasteiger partial charge is 0.371 e. The lowest BCUT2D eigenvalue weighted by Gasteiger charge is -2.32. The first-order valence-electron chi connectivity index (χ1n) is 7.13.